The minimum atomic E-state index is -1.11. The summed E-state index contributed by atoms with van der Waals surface area (Å²) in [7, 11) is 0. The third kappa shape index (κ3) is 5.42. The van der Waals surface area contributed by atoms with Crippen molar-refractivity contribution in [1.29, 1.82) is 0 Å². The molecule has 2 aromatic carbocycles. The molecule has 2 aromatic rings. The molecule has 0 amide bonds. The molecule has 2 aliphatic rings. The van der Waals surface area contributed by atoms with E-state index >= 15 is 0 Å². The molecule has 0 unspecified atom stereocenters. The van der Waals surface area contributed by atoms with Crippen LogP contribution >= 0.6 is 0 Å². The van der Waals surface area contributed by atoms with Crippen LogP contribution in [-0.2, 0) is 34.9 Å². The van der Waals surface area contributed by atoms with Crippen LogP contribution in [0.1, 0.15) is 65.2 Å². The van der Waals surface area contributed by atoms with Gasteiger partial charge in [-0.2, -0.15) is 0 Å². The van der Waals surface area contributed by atoms with Crippen LogP contribution in [0.4, 0.5) is 0 Å². The molecule has 0 fully saturated rings. The summed E-state index contributed by atoms with van der Waals surface area (Å²) >= 11 is -1.11. The molecule has 2 aliphatic carbocycles. The quantitative estimate of drug-likeness (QED) is 0.541. The van der Waals surface area contributed by atoms with Crippen molar-refractivity contribution >= 4 is 0 Å². The van der Waals surface area contributed by atoms with E-state index in [2.05, 4.69) is 127 Å². The predicted molar refractivity (Wildman–Crippen MR) is 130 cm³/mol. The second kappa shape index (κ2) is 10.2. The van der Waals surface area contributed by atoms with E-state index < -0.39 is 23.2 Å². The molecule has 0 saturated carbocycles. The Balaban J connectivity index is 0.00000193. The minimum Gasteiger partial charge on any atom is -1.00 e. The van der Waals surface area contributed by atoms with Crippen LogP contribution in [0.5, 0.6) is 0 Å². The van der Waals surface area contributed by atoms with Crippen LogP contribution in [-0.4, -0.2) is 0 Å². The zero-order valence-electron chi connectivity index (χ0n) is 20.8. The van der Waals surface area contributed by atoms with Gasteiger partial charge in [-0.05, 0) is 0 Å². The standard InChI is InChI=1S/C17H21.C13H13.2ClH.Zr/c1-12-10-15(11-13(12)2)14-6-8-16(9-7-14)17(3,4)5;1-10-8-13(9-11(10)2)12-6-4-3-5-7-12;;;/h6-11H,1-5H3;3-9H,1-2H3;2*1H;/q;;;;+2/p-2. The van der Waals surface area contributed by atoms with E-state index in [1.165, 1.54) is 39.0 Å². The molecule has 0 bridgehead atoms. The predicted octanol–water partition coefficient (Wildman–Crippen LogP) is 1.98. The molecule has 0 spiro atoms. The van der Waals surface area contributed by atoms with E-state index in [1.807, 2.05) is 0 Å². The first-order chi connectivity index (χ1) is 14.5. The Bertz CT molecular complexity index is 1070. The van der Waals surface area contributed by atoms with Gasteiger partial charge >= 0.3 is 201 Å². The Kier molecular flexibility index (Phi) is 8.71. The summed E-state index contributed by atoms with van der Waals surface area (Å²) in [5.41, 5.74) is 10.2. The van der Waals surface area contributed by atoms with Crippen LogP contribution in [0.25, 0.3) is 0 Å². The SMILES string of the molecule is CC1=C[C]([Zr+2][C]2(c3ccc(C(C)(C)C)cc3)C=C(C)C(C)=C2)(c2ccccc2)C=C1C.[Cl-].[Cl-]. The average molecular weight is 557 g/mol. The van der Waals surface area contributed by atoms with Gasteiger partial charge in [0.2, 0.25) is 0 Å². The number of halogens is 2. The molecule has 3 heteroatoms. The molecular formula is C30H34Cl2Zr. The van der Waals surface area contributed by atoms with Crippen molar-refractivity contribution in [3.63, 3.8) is 0 Å². The summed E-state index contributed by atoms with van der Waals surface area (Å²) in [5.74, 6) is 0. The van der Waals surface area contributed by atoms with Crippen molar-refractivity contribution < 1.29 is 48.0 Å². The first kappa shape index (κ1) is 28.1. The Morgan fingerprint density at radius 2 is 0.909 bits per heavy atom. The van der Waals surface area contributed by atoms with Crippen LogP contribution in [0.2, 0.25) is 0 Å². The average Bonchev–Trinajstić information content (AvgIpc) is 3.18. The molecule has 0 atom stereocenters. The second-order valence-electron chi connectivity index (χ2n) is 10.4. The Labute approximate surface area is 224 Å². The second-order valence-corrected chi connectivity index (χ2v) is 15.0. The van der Waals surface area contributed by atoms with Crippen LogP contribution in [0.3, 0.4) is 0 Å². The third-order valence-corrected chi connectivity index (χ3v) is 11.8. The number of hydrogen-bond donors (Lipinski definition) is 0. The van der Waals surface area contributed by atoms with Crippen molar-refractivity contribution in [3.8, 4) is 0 Å². The van der Waals surface area contributed by atoms with Crippen LogP contribution in [0.15, 0.2) is 101 Å². The van der Waals surface area contributed by atoms with Gasteiger partial charge in [-0.15, -0.1) is 0 Å². The first-order valence-corrected chi connectivity index (χ1v) is 13.7. The van der Waals surface area contributed by atoms with Crippen molar-refractivity contribution in [2.75, 3.05) is 0 Å². The molecule has 0 saturated heterocycles. The van der Waals surface area contributed by atoms with Gasteiger partial charge in [-0.3, -0.25) is 0 Å². The fourth-order valence-corrected chi connectivity index (χ4v) is 10.9. The van der Waals surface area contributed by atoms with E-state index in [0.717, 1.165) is 0 Å². The maximum atomic E-state index is 2.58. The van der Waals surface area contributed by atoms with Crippen LogP contribution in [0, 0.1) is 0 Å². The summed E-state index contributed by atoms with van der Waals surface area (Å²) in [4.78, 5) is 0. The van der Waals surface area contributed by atoms with Gasteiger partial charge in [0, 0.05) is 0 Å². The smallest absolute Gasteiger partial charge is 1.00 e. The number of rotatable bonds is 4. The number of benzene rings is 2. The molecule has 0 heterocycles. The fourth-order valence-electron chi connectivity index (χ4n) is 4.83. The van der Waals surface area contributed by atoms with Gasteiger partial charge in [0.15, 0.2) is 0 Å². The molecular weight excluding hydrogens is 522 g/mol. The molecule has 0 nitrogen and oxygen atoms in total. The first-order valence-electron chi connectivity index (χ1n) is 11.3. The van der Waals surface area contributed by atoms with Crippen molar-refractivity contribution in [2.24, 2.45) is 0 Å². The summed E-state index contributed by atoms with van der Waals surface area (Å²) in [6, 6.07) is 20.7. The van der Waals surface area contributed by atoms with E-state index in [0.29, 0.717) is 0 Å². The van der Waals surface area contributed by atoms with Crippen molar-refractivity contribution in [2.45, 2.75) is 60.1 Å². The van der Waals surface area contributed by atoms with Gasteiger partial charge in [0.1, 0.15) is 0 Å². The molecule has 0 aromatic heterocycles. The molecule has 0 N–H and O–H groups in total. The van der Waals surface area contributed by atoms with Crippen LogP contribution < -0.4 is 24.8 Å². The Hall–Kier alpha value is -1.14. The summed E-state index contributed by atoms with van der Waals surface area (Å²) in [6.07, 6.45) is 10.3. The molecule has 4 rings (SSSR count). The topological polar surface area (TPSA) is 0 Å². The van der Waals surface area contributed by atoms with Gasteiger partial charge in [0.25, 0.3) is 0 Å². The molecule has 0 aliphatic heterocycles. The van der Waals surface area contributed by atoms with E-state index in [9.17, 15) is 0 Å². The van der Waals surface area contributed by atoms with E-state index in [4.69, 9.17) is 0 Å². The Morgan fingerprint density at radius 3 is 1.27 bits per heavy atom. The summed E-state index contributed by atoms with van der Waals surface area (Å²) < 4.78 is 0.126. The molecule has 33 heavy (non-hydrogen) atoms. The zero-order valence-corrected chi connectivity index (χ0v) is 24.7. The van der Waals surface area contributed by atoms with Gasteiger partial charge < -0.3 is 24.8 Å². The van der Waals surface area contributed by atoms with E-state index in [1.54, 1.807) is 0 Å². The van der Waals surface area contributed by atoms with Crippen molar-refractivity contribution in [3.05, 3.63) is 118 Å². The maximum Gasteiger partial charge on any atom is -1.00 e. The van der Waals surface area contributed by atoms with Crippen molar-refractivity contribution in [1.82, 2.24) is 0 Å². The molecule has 172 valence electrons. The number of allylic oxidation sites excluding steroid dienone is 8. The van der Waals surface area contributed by atoms with Gasteiger partial charge in [-0.1, -0.05) is 0 Å². The largest absolute Gasteiger partial charge is 1.00 e. The fraction of sp³-hybridized carbons (Fsp3) is 0.333. The Morgan fingerprint density at radius 1 is 0.545 bits per heavy atom. The third-order valence-electron chi connectivity index (χ3n) is 6.91. The van der Waals surface area contributed by atoms with Gasteiger partial charge in [0.05, 0.1) is 0 Å². The summed E-state index contributed by atoms with van der Waals surface area (Å²) in [5, 5.41) is 0. The van der Waals surface area contributed by atoms with Gasteiger partial charge in [-0.25, -0.2) is 0 Å². The summed E-state index contributed by atoms with van der Waals surface area (Å²) in [6.45, 7) is 16.0. The maximum absolute atomic E-state index is 2.58. The number of hydrogen-bond acceptors (Lipinski definition) is 0. The van der Waals surface area contributed by atoms with E-state index in [-0.39, 0.29) is 36.5 Å². The normalized spacial score (nSPS) is 18.2. The zero-order chi connectivity index (χ0) is 22.4. The monoisotopic (exact) mass is 554 g/mol. The molecule has 0 radical (unpaired) electrons. The minimum absolute atomic E-state index is 0.